The van der Waals surface area contributed by atoms with Crippen LogP contribution in [0.15, 0.2) is 42.7 Å². The van der Waals surface area contributed by atoms with Crippen molar-refractivity contribution in [3.63, 3.8) is 0 Å². The monoisotopic (exact) mass is 271 g/mol. The molecule has 0 aliphatic rings. The molecular weight excluding hydrogens is 244 g/mol. The van der Waals surface area contributed by atoms with Gasteiger partial charge in [-0.25, -0.2) is 9.13 Å². The first-order valence-electron chi connectivity index (χ1n) is 7.90. The average Bonchev–Trinajstić information content (AvgIpc) is 2.81. The fraction of sp³-hybridized carbons (Fsp3) is 0.500. The molecule has 2 rings (SSSR count). The smallest absolute Gasteiger partial charge is 0.234 e. The Labute approximate surface area is 123 Å². The fourth-order valence-corrected chi connectivity index (χ4v) is 2.61. The first-order chi connectivity index (χ1) is 9.81. The zero-order valence-corrected chi connectivity index (χ0v) is 12.9. The molecule has 0 aliphatic carbocycles. The van der Waals surface area contributed by atoms with Crippen molar-refractivity contribution < 1.29 is 4.57 Å². The molecule has 0 bridgehead atoms. The first kappa shape index (κ1) is 14.8. The summed E-state index contributed by atoms with van der Waals surface area (Å²) >= 11 is 0. The van der Waals surface area contributed by atoms with E-state index in [1.165, 1.54) is 43.5 Å². The van der Waals surface area contributed by atoms with Gasteiger partial charge in [-0.05, 0) is 18.4 Å². The normalized spacial score (nSPS) is 10.9. The largest absolute Gasteiger partial charge is 0.253 e. The molecule has 0 N–H and O–H groups in total. The van der Waals surface area contributed by atoms with Crippen LogP contribution >= 0.6 is 0 Å². The Bertz CT molecular complexity index is 499. The molecule has 2 nitrogen and oxygen atoms in total. The van der Waals surface area contributed by atoms with Gasteiger partial charge in [-0.3, -0.25) is 0 Å². The molecule has 0 fully saturated rings. The molecule has 2 heteroatoms. The Balaban J connectivity index is 1.87. The summed E-state index contributed by atoms with van der Waals surface area (Å²) in [7, 11) is 0. The van der Waals surface area contributed by atoms with Crippen molar-refractivity contribution in [1.29, 1.82) is 0 Å². The van der Waals surface area contributed by atoms with Gasteiger partial charge in [0, 0.05) is 6.92 Å². The number of aryl methyl sites for hydroxylation is 1. The lowest BCUT2D eigenvalue weighted by Crippen LogP contribution is -2.35. The maximum absolute atomic E-state index is 2.38. The maximum atomic E-state index is 2.38. The van der Waals surface area contributed by atoms with Crippen molar-refractivity contribution in [2.75, 3.05) is 0 Å². The summed E-state index contributed by atoms with van der Waals surface area (Å²) in [5, 5.41) is 0. The van der Waals surface area contributed by atoms with Gasteiger partial charge in [-0.2, -0.15) is 0 Å². The molecule has 1 aromatic carbocycles. The molecule has 1 aromatic heterocycles. The van der Waals surface area contributed by atoms with Crippen molar-refractivity contribution in [2.45, 2.75) is 59.0 Å². The Hall–Kier alpha value is -1.57. The minimum Gasteiger partial charge on any atom is -0.234 e. The molecule has 0 radical (unpaired) electrons. The second kappa shape index (κ2) is 7.88. The zero-order chi connectivity index (χ0) is 14.2. The van der Waals surface area contributed by atoms with Crippen molar-refractivity contribution in [2.24, 2.45) is 0 Å². The lowest BCUT2D eigenvalue weighted by Gasteiger charge is -2.02. The SMILES string of the molecule is CCCCCCC[n+]1ccn(Cc2ccccc2)c1C. The Morgan fingerprint density at radius 2 is 1.75 bits per heavy atom. The molecule has 0 amide bonds. The highest BCUT2D eigenvalue weighted by Crippen LogP contribution is 2.05. The summed E-state index contributed by atoms with van der Waals surface area (Å²) in [5.41, 5.74) is 1.36. The third-order valence-electron chi connectivity index (χ3n) is 3.96. The van der Waals surface area contributed by atoms with Crippen molar-refractivity contribution in [3.8, 4) is 0 Å². The molecule has 0 aliphatic heterocycles. The third kappa shape index (κ3) is 4.22. The fourth-order valence-electron chi connectivity index (χ4n) is 2.61. The molecule has 0 spiro atoms. The van der Waals surface area contributed by atoms with Crippen molar-refractivity contribution in [1.82, 2.24) is 4.57 Å². The molecule has 0 atom stereocenters. The van der Waals surface area contributed by atoms with E-state index in [-0.39, 0.29) is 0 Å². The average molecular weight is 271 g/mol. The number of nitrogens with zero attached hydrogens (tertiary/aromatic N) is 2. The summed E-state index contributed by atoms with van der Waals surface area (Å²) < 4.78 is 4.72. The highest BCUT2D eigenvalue weighted by molar-refractivity contribution is 5.15. The van der Waals surface area contributed by atoms with Gasteiger partial charge in [0.15, 0.2) is 0 Å². The molecule has 0 saturated carbocycles. The molecule has 108 valence electrons. The number of aromatic nitrogens is 2. The minimum atomic E-state index is 0.968. The lowest BCUT2D eigenvalue weighted by molar-refractivity contribution is -0.702. The van der Waals surface area contributed by atoms with Crippen molar-refractivity contribution in [3.05, 3.63) is 54.1 Å². The lowest BCUT2D eigenvalue weighted by atomic mass is 10.1. The van der Waals surface area contributed by atoms with Crippen LogP contribution in [0.3, 0.4) is 0 Å². The quantitative estimate of drug-likeness (QED) is 0.505. The van der Waals surface area contributed by atoms with Gasteiger partial charge in [0.05, 0.1) is 6.54 Å². The number of imidazole rings is 1. The van der Waals surface area contributed by atoms with E-state index in [9.17, 15) is 0 Å². The predicted octanol–water partition coefficient (Wildman–Crippen LogP) is 4.10. The van der Waals surface area contributed by atoms with Crippen molar-refractivity contribution >= 4 is 0 Å². The standard InChI is InChI=1S/C18H27N2/c1-3-4-5-6-10-13-19-14-15-20(17(19)2)16-18-11-8-7-9-12-18/h7-9,11-12,14-15H,3-6,10,13,16H2,1-2H3/q+1. The van der Waals surface area contributed by atoms with E-state index in [0.29, 0.717) is 0 Å². The number of unbranched alkanes of at least 4 members (excludes halogenated alkanes) is 4. The van der Waals surface area contributed by atoms with Crippen LogP contribution in [0.1, 0.15) is 50.4 Å². The van der Waals surface area contributed by atoms with Gasteiger partial charge < -0.3 is 0 Å². The minimum absolute atomic E-state index is 0.968. The molecule has 0 unspecified atom stereocenters. The molecular formula is C18H27N2+. The summed E-state index contributed by atoms with van der Waals surface area (Å²) in [4.78, 5) is 0. The van der Waals surface area contributed by atoms with E-state index in [1.807, 2.05) is 0 Å². The van der Waals surface area contributed by atoms with Crippen LogP contribution in [0.5, 0.6) is 0 Å². The Morgan fingerprint density at radius 3 is 2.50 bits per heavy atom. The van der Waals surface area contributed by atoms with Gasteiger partial charge >= 0.3 is 0 Å². The van der Waals surface area contributed by atoms with Crippen LogP contribution in [-0.2, 0) is 13.1 Å². The molecule has 0 saturated heterocycles. The zero-order valence-electron chi connectivity index (χ0n) is 12.9. The molecule has 2 aromatic rings. The van der Waals surface area contributed by atoms with Crippen LogP contribution < -0.4 is 4.57 Å². The van der Waals surface area contributed by atoms with Gasteiger partial charge in [0.2, 0.25) is 0 Å². The summed E-state index contributed by atoms with van der Waals surface area (Å²) in [6, 6.07) is 10.7. The second-order valence-electron chi connectivity index (χ2n) is 5.57. The van der Waals surface area contributed by atoms with Crippen LogP contribution in [0.25, 0.3) is 0 Å². The summed E-state index contributed by atoms with van der Waals surface area (Å²) in [6.45, 7) is 6.60. The number of hydrogen-bond acceptors (Lipinski definition) is 0. The van der Waals surface area contributed by atoms with E-state index in [2.05, 4.69) is 65.7 Å². The topological polar surface area (TPSA) is 8.81 Å². The Kier molecular flexibility index (Phi) is 5.85. The number of hydrogen-bond donors (Lipinski definition) is 0. The van der Waals surface area contributed by atoms with E-state index >= 15 is 0 Å². The maximum Gasteiger partial charge on any atom is 0.253 e. The molecule has 1 heterocycles. The Morgan fingerprint density at radius 1 is 1.00 bits per heavy atom. The predicted molar refractivity (Wildman–Crippen MR) is 83.7 cm³/mol. The number of benzene rings is 1. The summed E-state index contributed by atoms with van der Waals surface area (Å²) in [6.07, 6.45) is 11.1. The van der Waals surface area contributed by atoms with Crippen LogP contribution in [0.4, 0.5) is 0 Å². The first-order valence-corrected chi connectivity index (χ1v) is 7.90. The van der Waals surface area contributed by atoms with E-state index < -0.39 is 0 Å². The molecule has 20 heavy (non-hydrogen) atoms. The summed E-state index contributed by atoms with van der Waals surface area (Å²) in [5.74, 6) is 1.35. The van der Waals surface area contributed by atoms with Gasteiger partial charge in [-0.1, -0.05) is 56.5 Å². The second-order valence-corrected chi connectivity index (χ2v) is 5.57. The van der Waals surface area contributed by atoms with Crippen LogP contribution in [-0.4, -0.2) is 4.57 Å². The van der Waals surface area contributed by atoms with E-state index in [1.54, 1.807) is 0 Å². The van der Waals surface area contributed by atoms with E-state index in [4.69, 9.17) is 0 Å². The van der Waals surface area contributed by atoms with E-state index in [0.717, 1.165) is 13.1 Å². The van der Waals surface area contributed by atoms with Crippen LogP contribution in [0.2, 0.25) is 0 Å². The van der Waals surface area contributed by atoms with Crippen LogP contribution in [0, 0.1) is 6.92 Å². The number of rotatable bonds is 8. The van der Waals surface area contributed by atoms with Gasteiger partial charge in [-0.15, -0.1) is 0 Å². The third-order valence-corrected chi connectivity index (χ3v) is 3.96. The highest BCUT2D eigenvalue weighted by atomic mass is 15.1. The van der Waals surface area contributed by atoms with Gasteiger partial charge in [0.1, 0.15) is 18.9 Å². The van der Waals surface area contributed by atoms with Gasteiger partial charge in [0.25, 0.3) is 5.82 Å². The highest BCUT2D eigenvalue weighted by Gasteiger charge is 2.11.